The molecule has 2 N–H and O–H groups in total. The van der Waals surface area contributed by atoms with Crippen molar-refractivity contribution in [2.75, 3.05) is 26.7 Å². The van der Waals surface area contributed by atoms with Crippen LogP contribution in [0, 0.1) is 5.92 Å². The predicted molar refractivity (Wildman–Crippen MR) is 74.8 cm³/mol. The summed E-state index contributed by atoms with van der Waals surface area (Å²) in [7, 11) is 2.18. The van der Waals surface area contributed by atoms with Gasteiger partial charge in [-0.05, 0) is 51.9 Å². The number of para-hydroxylation sites is 1. The van der Waals surface area contributed by atoms with Crippen molar-refractivity contribution in [3.63, 3.8) is 0 Å². The fraction of sp³-hybridized carbons (Fsp3) is 0.600. The minimum Gasteiger partial charge on any atom is -0.493 e. The maximum atomic E-state index is 5.97. The SMILES string of the molecule is CC(N)c1ccccc1OCC1CCN(C)CC1. The zero-order chi connectivity index (χ0) is 13.0. The molecular weight excluding hydrogens is 224 g/mol. The van der Waals surface area contributed by atoms with Crippen LogP contribution in [0.4, 0.5) is 0 Å². The van der Waals surface area contributed by atoms with Gasteiger partial charge in [0.05, 0.1) is 6.61 Å². The molecule has 1 aliphatic heterocycles. The fourth-order valence-electron chi connectivity index (χ4n) is 2.42. The summed E-state index contributed by atoms with van der Waals surface area (Å²) in [5.74, 6) is 1.63. The number of nitrogens with two attached hydrogens (primary N) is 1. The Morgan fingerprint density at radius 2 is 2.00 bits per heavy atom. The normalized spacial score (nSPS) is 19.7. The van der Waals surface area contributed by atoms with Crippen molar-refractivity contribution in [2.45, 2.75) is 25.8 Å². The maximum Gasteiger partial charge on any atom is 0.124 e. The Labute approximate surface area is 110 Å². The molecule has 3 heteroatoms. The molecule has 1 saturated heterocycles. The van der Waals surface area contributed by atoms with Crippen LogP contribution in [0.15, 0.2) is 24.3 Å². The molecule has 18 heavy (non-hydrogen) atoms. The summed E-state index contributed by atoms with van der Waals surface area (Å²) in [5.41, 5.74) is 7.06. The highest BCUT2D eigenvalue weighted by Gasteiger charge is 2.17. The van der Waals surface area contributed by atoms with Gasteiger partial charge >= 0.3 is 0 Å². The van der Waals surface area contributed by atoms with Crippen LogP contribution in [-0.4, -0.2) is 31.6 Å². The number of hydrogen-bond donors (Lipinski definition) is 1. The molecule has 0 bridgehead atoms. The van der Waals surface area contributed by atoms with Gasteiger partial charge in [-0.25, -0.2) is 0 Å². The van der Waals surface area contributed by atoms with Crippen LogP contribution in [0.25, 0.3) is 0 Å². The van der Waals surface area contributed by atoms with E-state index in [1.54, 1.807) is 0 Å². The first-order valence-corrected chi connectivity index (χ1v) is 6.82. The van der Waals surface area contributed by atoms with Crippen LogP contribution < -0.4 is 10.5 Å². The summed E-state index contributed by atoms with van der Waals surface area (Å²) in [6.07, 6.45) is 2.47. The highest BCUT2D eigenvalue weighted by Crippen LogP contribution is 2.25. The molecule has 0 saturated carbocycles. The fourth-order valence-corrected chi connectivity index (χ4v) is 2.42. The lowest BCUT2D eigenvalue weighted by Crippen LogP contribution is -2.32. The van der Waals surface area contributed by atoms with E-state index >= 15 is 0 Å². The van der Waals surface area contributed by atoms with Crippen LogP contribution in [-0.2, 0) is 0 Å². The van der Waals surface area contributed by atoms with E-state index in [-0.39, 0.29) is 6.04 Å². The highest BCUT2D eigenvalue weighted by molar-refractivity contribution is 5.35. The van der Waals surface area contributed by atoms with E-state index in [0.29, 0.717) is 5.92 Å². The lowest BCUT2D eigenvalue weighted by molar-refractivity contribution is 0.159. The van der Waals surface area contributed by atoms with Gasteiger partial charge in [0.1, 0.15) is 5.75 Å². The van der Waals surface area contributed by atoms with Crippen molar-refractivity contribution in [2.24, 2.45) is 11.7 Å². The van der Waals surface area contributed by atoms with E-state index in [9.17, 15) is 0 Å². The number of likely N-dealkylation sites (tertiary alicyclic amines) is 1. The molecule has 0 spiro atoms. The van der Waals surface area contributed by atoms with Crippen molar-refractivity contribution >= 4 is 0 Å². The summed E-state index contributed by atoms with van der Waals surface area (Å²) in [6, 6.07) is 8.12. The summed E-state index contributed by atoms with van der Waals surface area (Å²) < 4.78 is 5.97. The number of hydrogen-bond acceptors (Lipinski definition) is 3. The number of rotatable bonds is 4. The number of piperidine rings is 1. The first kappa shape index (κ1) is 13.4. The standard InChI is InChI=1S/C15H24N2O/c1-12(16)14-5-3-4-6-15(14)18-11-13-7-9-17(2)10-8-13/h3-6,12-13H,7-11,16H2,1-2H3. The molecule has 0 amide bonds. The van der Waals surface area contributed by atoms with Gasteiger partial charge in [-0.2, -0.15) is 0 Å². The molecule has 1 heterocycles. The quantitative estimate of drug-likeness (QED) is 0.889. The van der Waals surface area contributed by atoms with Gasteiger partial charge in [-0.3, -0.25) is 0 Å². The van der Waals surface area contributed by atoms with Crippen LogP contribution in [0.1, 0.15) is 31.4 Å². The van der Waals surface area contributed by atoms with Crippen LogP contribution in [0.3, 0.4) is 0 Å². The van der Waals surface area contributed by atoms with Gasteiger partial charge in [0.15, 0.2) is 0 Å². The van der Waals surface area contributed by atoms with Gasteiger partial charge < -0.3 is 15.4 Å². The van der Waals surface area contributed by atoms with Crippen molar-refractivity contribution in [1.82, 2.24) is 4.90 Å². The van der Waals surface area contributed by atoms with Crippen molar-refractivity contribution in [3.8, 4) is 5.75 Å². The van der Waals surface area contributed by atoms with Crippen LogP contribution in [0.2, 0.25) is 0 Å². The largest absolute Gasteiger partial charge is 0.493 e. The molecule has 100 valence electrons. The van der Waals surface area contributed by atoms with Gasteiger partial charge in [-0.15, -0.1) is 0 Å². The summed E-state index contributed by atoms with van der Waals surface area (Å²) in [4.78, 5) is 2.38. The first-order valence-electron chi connectivity index (χ1n) is 6.82. The summed E-state index contributed by atoms with van der Waals surface area (Å²) in [5, 5.41) is 0. The highest BCUT2D eigenvalue weighted by atomic mass is 16.5. The van der Waals surface area contributed by atoms with E-state index in [0.717, 1.165) is 17.9 Å². The Morgan fingerprint density at radius 3 is 2.67 bits per heavy atom. The van der Waals surface area contributed by atoms with Crippen LogP contribution >= 0.6 is 0 Å². The molecule has 1 aliphatic rings. The molecule has 1 unspecified atom stereocenters. The lowest BCUT2D eigenvalue weighted by atomic mass is 9.98. The Bertz CT molecular complexity index is 371. The molecule has 1 fully saturated rings. The minimum atomic E-state index is 0.0266. The Hall–Kier alpha value is -1.06. The zero-order valence-corrected chi connectivity index (χ0v) is 11.4. The summed E-state index contributed by atoms with van der Waals surface area (Å²) in [6.45, 7) is 5.18. The maximum absolute atomic E-state index is 5.97. The zero-order valence-electron chi connectivity index (χ0n) is 11.4. The Morgan fingerprint density at radius 1 is 1.33 bits per heavy atom. The number of benzene rings is 1. The van der Waals surface area contributed by atoms with Crippen LogP contribution in [0.5, 0.6) is 5.75 Å². The van der Waals surface area contributed by atoms with Gasteiger partial charge in [-0.1, -0.05) is 18.2 Å². The third-order valence-corrected chi connectivity index (χ3v) is 3.72. The molecule has 3 nitrogen and oxygen atoms in total. The van der Waals surface area contributed by atoms with E-state index in [2.05, 4.69) is 18.0 Å². The summed E-state index contributed by atoms with van der Waals surface area (Å²) >= 11 is 0. The average Bonchev–Trinajstić information content (AvgIpc) is 2.38. The molecular formula is C15H24N2O. The number of nitrogens with zero attached hydrogens (tertiary/aromatic N) is 1. The molecule has 0 aromatic heterocycles. The lowest BCUT2D eigenvalue weighted by Gasteiger charge is -2.29. The average molecular weight is 248 g/mol. The second-order valence-corrected chi connectivity index (χ2v) is 5.38. The molecule has 2 rings (SSSR count). The van der Waals surface area contributed by atoms with Gasteiger partial charge in [0, 0.05) is 11.6 Å². The first-order chi connectivity index (χ1) is 8.66. The monoisotopic (exact) mass is 248 g/mol. The van der Waals surface area contributed by atoms with E-state index < -0.39 is 0 Å². The van der Waals surface area contributed by atoms with Crippen molar-refractivity contribution in [3.05, 3.63) is 29.8 Å². The molecule has 1 atom stereocenters. The van der Waals surface area contributed by atoms with Gasteiger partial charge in [0.25, 0.3) is 0 Å². The van der Waals surface area contributed by atoms with Gasteiger partial charge in [0.2, 0.25) is 0 Å². The van der Waals surface area contributed by atoms with Crippen molar-refractivity contribution < 1.29 is 4.74 Å². The van der Waals surface area contributed by atoms with E-state index in [1.165, 1.54) is 25.9 Å². The minimum absolute atomic E-state index is 0.0266. The Kier molecular flexibility index (Phi) is 4.61. The second kappa shape index (κ2) is 6.21. The molecule has 0 aliphatic carbocycles. The topological polar surface area (TPSA) is 38.5 Å². The Balaban J connectivity index is 1.90. The second-order valence-electron chi connectivity index (χ2n) is 5.38. The molecule has 0 radical (unpaired) electrons. The third kappa shape index (κ3) is 3.47. The smallest absolute Gasteiger partial charge is 0.124 e. The van der Waals surface area contributed by atoms with Crippen molar-refractivity contribution in [1.29, 1.82) is 0 Å². The van der Waals surface area contributed by atoms with E-state index in [4.69, 9.17) is 10.5 Å². The van der Waals surface area contributed by atoms with E-state index in [1.807, 2.05) is 25.1 Å². The number of ether oxygens (including phenoxy) is 1. The molecule has 1 aromatic carbocycles. The predicted octanol–water partition coefficient (Wildman–Crippen LogP) is 2.43. The third-order valence-electron chi connectivity index (χ3n) is 3.72. The molecule has 1 aromatic rings.